The minimum absolute atomic E-state index is 0.0388. The van der Waals surface area contributed by atoms with Gasteiger partial charge in [0, 0.05) is 36.3 Å². The number of nitrogens with zero attached hydrogens (tertiary/aromatic N) is 4. The van der Waals surface area contributed by atoms with Gasteiger partial charge in [-0.2, -0.15) is 0 Å². The fourth-order valence-corrected chi connectivity index (χ4v) is 5.04. The first-order valence-electron chi connectivity index (χ1n) is 10.5. The number of fused-ring (bicyclic) bond motifs is 3. The van der Waals surface area contributed by atoms with Crippen molar-refractivity contribution in [1.82, 2.24) is 15.1 Å². The maximum Gasteiger partial charge on any atom is 0.195 e. The van der Waals surface area contributed by atoms with Gasteiger partial charge in [-0.05, 0) is 51.4 Å². The first-order valence-corrected chi connectivity index (χ1v) is 10.5. The number of aromatic hydroxyl groups is 1. The lowest BCUT2D eigenvalue weighted by Crippen LogP contribution is -2.56. The second-order valence-corrected chi connectivity index (χ2v) is 8.71. The molecule has 2 saturated heterocycles. The maximum absolute atomic E-state index is 15.1. The summed E-state index contributed by atoms with van der Waals surface area (Å²) in [5.74, 6) is 0.529. The van der Waals surface area contributed by atoms with E-state index in [0.29, 0.717) is 39.6 Å². The molecule has 4 atom stereocenters. The predicted molar refractivity (Wildman–Crippen MR) is 116 cm³/mol. The lowest BCUT2D eigenvalue weighted by atomic mass is 9.95. The molecule has 7 nitrogen and oxygen atoms in total. The summed E-state index contributed by atoms with van der Waals surface area (Å²) in [4.78, 5) is 16.5. The van der Waals surface area contributed by atoms with E-state index >= 15 is 4.39 Å². The van der Waals surface area contributed by atoms with Crippen molar-refractivity contribution in [3.8, 4) is 17.0 Å². The number of aryl methyl sites for hydroxylation is 1. The van der Waals surface area contributed by atoms with Gasteiger partial charge in [0.25, 0.3) is 0 Å². The van der Waals surface area contributed by atoms with Crippen molar-refractivity contribution in [1.29, 1.82) is 0 Å². The molecule has 2 bridgehead atoms. The van der Waals surface area contributed by atoms with E-state index < -0.39 is 6.17 Å². The average Bonchev–Trinajstić information content (AvgIpc) is 3.03. The van der Waals surface area contributed by atoms with Crippen molar-refractivity contribution in [2.24, 2.45) is 0 Å². The second-order valence-electron chi connectivity index (χ2n) is 8.71. The molecule has 2 unspecified atom stereocenters. The zero-order valence-electron chi connectivity index (χ0n) is 17.7. The predicted octanol–water partition coefficient (Wildman–Crippen LogP) is 3.27. The van der Waals surface area contributed by atoms with Crippen molar-refractivity contribution in [3.05, 3.63) is 46.3 Å². The molecule has 0 amide bonds. The van der Waals surface area contributed by atoms with E-state index in [9.17, 15) is 9.90 Å². The van der Waals surface area contributed by atoms with Crippen LogP contribution < -0.4 is 10.3 Å². The molecule has 1 aromatic carbocycles. The number of anilines is 1. The molecule has 1 N–H and O–H groups in total. The summed E-state index contributed by atoms with van der Waals surface area (Å²) in [5.41, 5.74) is 1.47. The SMILES string of the molecule is Cc1coc2cc(O)c(-c3ccc(N(C)[C@H]4CC5CCC([C@H]4F)N5C)nn3)cc2c1=O. The molecule has 2 aliphatic rings. The van der Waals surface area contributed by atoms with E-state index in [1.54, 1.807) is 25.1 Å². The zero-order chi connectivity index (χ0) is 21.9. The number of hydrogen-bond donors (Lipinski definition) is 1. The van der Waals surface area contributed by atoms with Crippen LogP contribution >= 0.6 is 0 Å². The monoisotopic (exact) mass is 424 g/mol. The fraction of sp³-hybridized carbons (Fsp3) is 0.435. The van der Waals surface area contributed by atoms with Crippen molar-refractivity contribution >= 4 is 16.8 Å². The molecule has 2 aromatic heterocycles. The van der Waals surface area contributed by atoms with Crippen LogP contribution in [0.1, 0.15) is 24.8 Å². The molecule has 3 aromatic rings. The summed E-state index contributed by atoms with van der Waals surface area (Å²) in [6.07, 6.45) is 3.12. The molecule has 2 fully saturated rings. The van der Waals surface area contributed by atoms with Crippen LogP contribution in [0.4, 0.5) is 10.2 Å². The summed E-state index contributed by atoms with van der Waals surface area (Å²) >= 11 is 0. The van der Waals surface area contributed by atoms with Gasteiger partial charge in [-0.1, -0.05) is 0 Å². The highest BCUT2D eigenvalue weighted by Gasteiger charge is 2.47. The van der Waals surface area contributed by atoms with Gasteiger partial charge in [-0.15, -0.1) is 10.2 Å². The number of alkyl halides is 1. The third-order valence-electron chi connectivity index (χ3n) is 6.99. The van der Waals surface area contributed by atoms with Crippen LogP contribution in [0.3, 0.4) is 0 Å². The number of piperidine rings is 1. The number of rotatable bonds is 3. The Morgan fingerprint density at radius 3 is 2.81 bits per heavy atom. The molecular formula is C23H25FN4O3. The summed E-state index contributed by atoms with van der Waals surface area (Å²) in [7, 11) is 3.87. The second kappa shape index (κ2) is 7.30. The van der Waals surface area contributed by atoms with E-state index in [1.165, 1.54) is 12.3 Å². The Labute approximate surface area is 179 Å². The first-order chi connectivity index (χ1) is 14.8. The van der Waals surface area contributed by atoms with Crippen molar-refractivity contribution < 1.29 is 13.9 Å². The number of hydrogen-bond acceptors (Lipinski definition) is 7. The van der Waals surface area contributed by atoms with Crippen LogP contribution in [-0.2, 0) is 0 Å². The quantitative estimate of drug-likeness (QED) is 0.691. The van der Waals surface area contributed by atoms with Gasteiger partial charge in [0.05, 0.1) is 23.4 Å². The average molecular weight is 424 g/mol. The highest BCUT2D eigenvalue weighted by molar-refractivity contribution is 5.86. The Hall–Kier alpha value is -3.00. The fourth-order valence-electron chi connectivity index (χ4n) is 5.04. The number of benzene rings is 1. The van der Waals surface area contributed by atoms with Gasteiger partial charge < -0.3 is 14.4 Å². The molecule has 162 valence electrons. The van der Waals surface area contributed by atoms with Crippen LogP contribution in [0.15, 0.2) is 39.7 Å². The van der Waals surface area contributed by atoms with E-state index in [2.05, 4.69) is 15.1 Å². The number of phenolic OH excluding ortho intramolecular Hbond substituents is 1. The Kier molecular flexibility index (Phi) is 4.69. The number of halogens is 1. The lowest BCUT2D eigenvalue weighted by Gasteiger charge is -2.43. The number of phenols is 1. The molecule has 31 heavy (non-hydrogen) atoms. The van der Waals surface area contributed by atoms with Crippen LogP contribution in [0, 0.1) is 6.92 Å². The first kappa shape index (κ1) is 19.9. The minimum Gasteiger partial charge on any atom is -0.507 e. The summed E-state index contributed by atoms with van der Waals surface area (Å²) < 4.78 is 20.5. The van der Waals surface area contributed by atoms with Crippen molar-refractivity contribution in [2.75, 3.05) is 19.0 Å². The lowest BCUT2D eigenvalue weighted by molar-refractivity contribution is 0.0701. The maximum atomic E-state index is 15.1. The third-order valence-corrected chi connectivity index (χ3v) is 6.99. The molecule has 0 spiro atoms. The summed E-state index contributed by atoms with van der Waals surface area (Å²) in [6.45, 7) is 1.68. The largest absolute Gasteiger partial charge is 0.507 e. The van der Waals surface area contributed by atoms with Gasteiger partial charge in [0.1, 0.15) is 17.5 Å². The Morgan fingerprint density at radius 2 is 2.06 bits per heavy atom. The van der Waals surface area contributed by atoms with Gasteiger partial charge >= 0.3 is 0 Å². The summed E-state index contributed by atoms with van der Waals surface area (Å²) in [5, 5.41) is 19.4. The normalized spacial score (nSPS) is 25.8. The van der Waals surface area contributed by atoms with Gasteiger partial charge in [0.15, 0.2) is 11.2 Å². The molecule has 5 rings (SSSR count). The topological polar surface area (TPSA) is 82.7 Å². The highest BCUT2D eigenvalue weighted by atomic mass is 19.1. The molecule has 2 aliphatic heterocycles. The van der Waals surface area contributed by atoms with Crippen LogP contribution in [0.5, 0.6) is 5.75 Å². The van der Waals surface area contributed by atoms with Crippen LogP contribution in [0.25, 0.3) is 22.2 Å². The van der Waals surface area contributed by atoms with Crippen molar-refractivity contribution in [2.45, 2.75) is 50.5 Å². The molecule has 8 heteroatoms. The molecule has 0 radical (unpaired) electrons. The molecule has 0 saturated carbocycles. The van der Waals surface area contributed by atoms with Crippen molar-refractivity contribution in [3.63, 3.8) is 0 Å². The molecular weight excluding hydrogens is 399 g/mol. The Balaban J connectivity index is 1.45. The van der Waals surface area contributed by atoms with E-state index in [-0.39, 0.29) is 23.3 Å². The van der Waals surface area contributed by atoms with E-state index in [4.69, 9.17) is 4.42 Å². The molecule has 0 aliphatic carbocycles. The third kappa shape index (κ3) is 3.17. The van der Waals surface area contributed by atoms with Gasteiger partial charge in [0.2, 0.25) is 0 Å². The smallest absolute Gasteiger partial charge is 0.195 e. The number of aromatic nitrogens is 2. The standard InChI is InChI=1S/C23H25FN4O3/c1-12-11-31-20-10-19(29)14(9-15(20)23(12)30)16-5-7-21(26-25-16)28(3)18-8-13-4-6-17(22(18)24)27(13)2/h5,7,9-11,13,17-18,22,29H,4,6,8H2,1-3H3/t13?,17?,18-,22+/m0/s1. The summed E-state index contributed by atoms with van der Waals surface area (Å²) in [6, 6.07) is 6.62. The van der Waals surface area contributed by atoms with Crippen LogP contribution in [0.2, 0.25) is 0 Å². The van der Waals surface area contributed by atoms with E-state index in [0.717, 1.165) is 19.3 Å². The minimum atomic E-state index is -0.942. The van der Waals surface area contributed by atoms with E-state index in [1.807, 2.05) is 19.0 Å². The molecule has 4 heterocycles. The Morgan fingerprint density at radius 1 is 1.26 bits per heavy atom. The van der Waals surface area contributed by atoms with Gasteiger partial charge in [-0.3, -0.25) is 9.69 Å². The zero-order valence-corrected chi connectivity index (χ0v) is 17.7. The van der Waals surface area contributed by atoms with Crippen LogP contribution in [-0.4, -0.2) is 58.6 Å². The Bertz CT molecular complexity index is 1200. The highest BCUT2D eigenvalue weighted by Crippen LogP contribution is 2.39. The van der Waals surface area contributed by atoms with Gasteiger partial charge in [-0.25, -0.2) is 4.39 Å².